The Morgan fingerprint density at radius 3 is 3.04 bits per heavy atom. The lowest BCUT2D eigenvalue weighted by Gasteiger charge is -2.07. The predicted molar refractivity (Wildman–Crippen MR) is 88.2 cm³/mol. The van der Waals surface area contributed by atoms with Gasteiger partial charge in [-0.2, -0.15) is 0 Å². The molecule has 0 spiro atoms. The second kappa shape index (κ2) is 5.73. The topological polar surface area (TPSA) is 79.6 Å². The van der Waals surface area contributed by atoms with E-state index in [4.69, 9.17) is 16.0 Å². The van der Waals surface area contributed by atoms with E-state index in [1.165, 1.54) is 12.7 Å². The predicted octanol–water partition coefficient (Wildman–Crippen LogP) is 3.88. The van der Waals surface area contributed by atoms with Gasteiger partial charge in [-0.1, -0.05) is 23.7 Å². The number of halogens is 1. The molecule has 0 aliphatic heterocycles. The highest BCUT2D eigenvalue weighted by Gasteiger charge is 2.13. The summed E-state index contributed by atoms with van der Waals surface area (Å²) in [5.74, 6) is 1.46. The monoisotopic (exact) mass is 325 g/mol. The number of hydrogen-bond donors (Lipinski definition) is 2. The van der Waals surface area contributed by atoms with Gasteiger partial charge in [0.25, 0.3) is 0 Å². The summed E-state index contributed by atoms with van der Waals surface area (Å²) >= 11 is 6.11. The zero-order chi connectivity index (χ0) is 15.6. The highest BCUT2D eigenvalue weighted by atomic mass is 35.5. The lowest BCUT2D eigenvalue weighted by atomic mass is 10.1. The molecule has 3 heterocycles. The van der Waals surface area contributed by atoms with Crippen molar-refractivity contribution in [1.29, 1.82) is 0 Å². The number of aromatic amines is 1. The number of fused-ring (bicyclic) bond motifs is 1. The SMILES string of the molecule is Clc1cccc(-c2c[nH]c3ncnc(NCc4cnco4)c23)c1. The van der Waals surface area contributed by atoms with Crippen molar-refractivity contribution < 1.29 is 4.42 Å². The molecule has 0 aliphatic rings. The molecule has 0 bridgehead atoms. The Labute approximate surface area is 136 Å². The average molecular weight is 326 g/mol. The van der Waals surface area contributed by atoms with E-state index >= 15 is 0 Å². The number of oxazole rings is 1. The number of benzene rings is 1. The Hall–Kier alpha value is -2.86. The van der Waals surface area contributed by atoms with Gasteiger partial charge in [-0.3, -0.25) is 0 Å². The highest BCUT2D eigenvalue weighted by molar-refractivity contribution is 6.31. The van der Waals surface area contributed by atoms with Gasteiger partial charge in [-0.15, -0.1) is 0 Å². The lowest BCUT2D eigenvalue weighted by Crippen LogP contribution is -2.01. The second-order valence-electron chi connectivity index (χ2n) is 4.98. The van der Waals surface area contributed by atoms with Crippen LogP contribution in [0.25, 0.3) is 22.2 Å². The number of hydrogen-bond acceptors (Lipinski definition) is 5. The van der Waals surface area contributed by atoms with Gasteiger partial charge in [-0.25, -0.2) is 15.0 Å². The maximum atomic E-state index is 6.11. The van der Waals surface area contributed by atoms with E-state index in [1.54, 1.807) is 6.20 Å². The summed E-state index contributed by atoms with van der Waals surface area (Å²) in [7, 11) is 0. The van der Waals surface area contributed by atoms with E-state index in [1.807, 2.05) is 30.5 Å². The van der Waals surface area contributed by atoms with E-state index in [2.05, 4.69) is 25.3 Å². The third-order valence-corrected chi connectivity index (χ3v) is 3.75. The molecule has 3 aromatic heterocycles. The Morgan fingerprint density at radius 1 is 1.26 bits per heavy atom. The van der Waals surface area contributed by atoms with Crippen molar-refractivity contribution >= 4 is 28.5 Å². The molecular weight excluding hydrogens is 314 g/mol. The number of nitrogens with one attached hydrogen (secondary N) is 2. The van der Waals surface area contributed by atoms with Crippen LogP contribution in [-0.2, 0) is 6.54 Å². The first-order chi connectivity index (χ1) is 11.3. The normalized spacial score (nSPS) is 11.0. The van der Waals surface area contributed by atoms with Crippen molar-refractivity contribution in [3.63, 3.8) is 0 Å². The van der Waals surface area contributed by atoms with E-state index in [0.29, 0.717) is 11.6 Å². The van der Waals surface area contributed by atoms with Crippen molar-refractivity contribution in [3.05, 3.63) is 60.2 Å². The van der Waals surface area contributed by atoms with Gasteiger partial charge in [0.15, 0.2) is 6.39 Å². The summed E-state index contributed by atoms with van der Waals surface area (Å²) < 4.78 is 5.24. The molecule has 1 aromatic carbocycles. The molecule has 114 valence electrons. The molecule has 0 fully saturated rings. The van der Waals surface area contributed by atoms with Gasteiger partial charge < -0.3 is 14.7 Å². The fourth-order valence-electron chi connectivity index (χ4n) is 2.48. The first-order valence-corrected chi connectivity index (χ1v) is 7.38. The van der Waals surface area contributed by atoms with Gasteiger partial charge >= 0.3 is 0 Å². The summed E-state index contributed by atoms with van der Waals surface area (Å²) in [6.07, 6.45) is 6.49. The van der Waals surface area contributed by atoms with Crippen LogP contribution in [0.4, 0.5) is 5.82 Å². The fourth-order valence-corrected chi connectivity index (χ4v) is 2.67. The summed E-state index contributed by atoms with van der Waals surface area (Å²) in [6.45, 7) is 0.492. The quantitative estimate of drug-likeness (QED) is 0.595. The number of aromatic nitrogens is 4. The van der Waals surface area contributed by atoms with Crippen LogP contribution in [0.15, 0.2) is 53.8 Å². The van der Waals surface area contributed by atoms with Crippen molar-refractivity contribution in [2.24, 2.45) is 0 Å². The maximum absolute atomic E-state index is 6.11. The van der Waals surface area contributed by atoms with Crippen LogP contribution in [0.3, 0.4) is 0 Å². The Bertz CT molecular complexity index is 948. The molecule has 4 rings (SSSR count). The summed E-state index contributed by atoms with van der Waals surface area (Å²) in [5, 5.41) is 4.86. The molecule has 0 unspecified atom stereocenters. The molecule has 2 N–H and O–H groups in total. The van der Waals surface area contributed by atoms with E-state index in [9.17, 15) is 0 Å². The van der Waals surface area contributed by atoms with Crippen molar-refractivity contribution in [1.82, 2.24) is 19.9 Å². The zero-order valence-electron chi connectivity index (χ0n) is 12.0. The minimum atomic E-state index is 0.492. The largest absolute Gasteiger partial charge is 0.447 e. The molecule has 4 aromatic rings. The molecule has 0 aliphatic carbocycles. The third kappa shape index (κ3) is 2.64. The number of H-pyrrole nitrogens is 1. The van der Waals surface area contributed by atoms with Crippen LogP contribution in [0.1, 0.15) is 5.76 Å². The van der Waals surface area contributed by atoms with Crippen LogP contribution in [0, 0.1) is 0 Å². The van der Waals surface area contributed by atoms with Crippen molar-refractivity contribution in [2.75, 3.05) is 5.32 Å². The first-order valence-electron chi connectivity index (χ1n) is 7.00. The molecule has 0 atom stereocenters. The Balaban J connectivity index is 1.77. The van der Waals surface area contributed by atoms with E-state index < -0.39 is 0 Å². The molecular formula is C16H12ClN5O. The lowest BCUT2D eigenvalue weighted by molar-refractivity contribution is 0.511. The number of rotatable bonds is 4. The second-order valence-corrected chi connectivity index (χ2v) is 5.42. The zero-order valence-corrected chi connectivity index (χ0v) is 12.7. The minimum Gasteiger partial charge on any atom is -0.447 e. The standard InChI is InChI=1S/C16H12ClN5O/c17-11-3-1-2-10(4-11)13-7-20-16-14(13)15(21-8-22-16)19-6-12-5-18-9-23-12/h1-5,7-9H,6H2,(H2,19,20,21,22). The minimum absolute atomic E-state index is 0.492. The maximum Gasteiger partial charge on any atom is 0.180 e. The highest BCUT2D eigenvalue weighted by Crippen LogP contribution is 2.33. The van der Waals surface area contributed by atoms with Gasteiger partial charge in [0, 0.05) is 16.8 Å². The summed E-state index contributed by atoms with van der Waals surface area (Å²) in [5.41, 5.74) is 2.75. The third-order valence-electron chi connectivity index (χ3n) is 3.52. The molecule has 0 radical (unpaired) electrons. The van der Waals surface area contributed by atoms with Gasteiger partial charge in [0.05, 0.1) is 18.1 Å². The van der Waals surface area contributed by atoms with Gasteiger partial charge in [-0.05, 0) is 17.7 Å². The van der Waals surface area contributed by atoms with E-state index in [-0.39, 0.29) is 0 Å². The van der Waals surface area contributed by atoms with Crippen LogP contribution in [0.2, 0.25) is 5.02 Å². The van der Waals surface area contributed by atoms with Crippen LogP contribution < -0.4 is 5.32 Å². The molecule has 23 heavy (non-hydrogen) atoms. The molecule has 6 nitrogen and oxygen atoms in total. The smallest absolute Gasteiger partial charge is 0.180 e. The van der Waals surface area contributed by atoms with Gasteiger partial charge in [0.1, 0.15) is 23.6 Å². The molecule has 0 saturated carbocycles. The number of nitrogens with zero attached hydrogens (tertiary/aromatic N) is 3. The average Bonchev–Trinajstić information content (AvgIpc) is 3.22. The van der Waals surface area contributed by atoms with Crippen LogP contribution in [-0.4, -0.2) is 19.9 Å². The Morgan fingerprint density at radius 2 is 2.22 bits per heavy atom. The molecule has 0 saturated heterocycles. The molecule has 7 heteroatoms. The Kier molecular flexibility index (Phi) is 3.44. The summed E-state index contributed by atoms with van der Waals surface area (Å²) in [6, 6.07) is 7.68. The van der Waals surface area contributed by atoms with Crippen LogP contribution >= 0.6 is 11.6 Å². The van der Waals surface area contributed by atoms with Crippen molar-refractivity contribution in [2.45, 2.75) is 6.54 Å². The van der Waals surface area contributed by atoms with Gasteiger partial charge in [0.2, 0.25) is 0 Å². The van der Waals surface area contributed by atoms with Crippen LogP contribution in [0.5, 0.6) is 0 Å². The first kappa shape index (κ1) is 13.8. The summed E-state index contributed by atoms with van der Waals surface area (Å²) in [4.78, 5) is 15.7. The van der Waals surface area contributed by atoms with E-state index in [0.717, 1.165) is 33.7 Å². The molecule has 0 amide bonds. The fraction of sp³-hybridized carbons (Fsp3) is 0.0625. The van der Waals surface area contributed by atoms with Crippen molar-refractivity contribution in [3.8, 4) is 11.1 Å². The number of anilines is 1.